The van der Waals surface area contributed by atoms with E-state index in [0.717, 1.165) is 31.9 Å². The van der Waals surface area contributed by atoms with Gasteiger partial charge >= 0.3 is 0 Å². The van der Waals surface area contributed by atoms with Crippen LogP contribution in [-0.2, 0) is 6.54 Å². The summed E-state index contributed by atoms with van der Waals surface area (Å²) in [4.78, 5) is 6.88. The van der Waals surface area contributed by atoms with Gasteiger partial charge in [-0.3, -0.25) is 0 Å². The fourth-order valence-electron chi connectivity index (χ4n) is 1.68. The summed E-state index contributed by atoms with van der Waals surface area (Å²) in [6.07, 6.45) is 0. The molecule has 0 aliphatic rings. The van der Waals surface area contributed by atoms with Crippen molar-refractivity contribution in [3.8, 4) is 0 Å². The lowest BCUT2D eigenvalue weighted by Gasteiger charge is -2.23. The van der Waals surface area contributed by atoms with Crippen molar-refractivity contribution in [2.75, 3.05) is 19.6 Å². The van der Waals surface area contributed by atoms with E-state index in [1.165, 1.54) is 5.01 Å². The maximum absolute atomic E-state index is 4.44. The summed E-state index contributed by atoms with van der Waals surface area (Å²) in [5, 5.41) is 6.81. The largest absolute Gasteiger partial charge is 0.307 e. The Morgan fingerprint density at radius 2 is 2.12 bits per heavy atom. The number of nitrogens with zero attached hydrogens (tertiary/aromatic N) is 2. The molecule has 4 heteroatoms. The Balaban J connectivity index is 2.26. The van der Waals surface area contributed by atoms with Crippen molar-refractivity contribution in [1.29, 1.82) is 0 Å². The molecule has 0 aliphatic carbocycles. The number of aromatic nitrogens is 1. The fraction of sp³-hybridized carbons (Fsp3) is 0.750. The van der Waals surface area contributed by atoms with Crippen LogP contribution in [0, 0.1) is 6.92 Å². The highest BCUT2D eigenvalue weighted by Gasteiger charge is 2.07. The number of nitrogens with one attached hydrogen (secondary N) is 1. The Morgan fingerprint density at radius 3 is 2.62 bits per heavy atom. The minimum atomic E-state index is 0.518. The van der Waals surface area contributed by atoms with Crippen molar-refractivity contribution in [3.63, 3.8) is 0 Å². The highest BCUT2D eigenvalue weighted by molar-refractivity contribution is 7.09. The molecular weight excluding hydrogens is 218 g/mol. The molecule has 0 amide bonds. The maximum atomic E-state index is 4.44. The first-order chi connectivity index (χ1) is 7.65. The van der Waals surface area contributed by atoms with Gasteiger partial charge in [-0.2, -0.15) is 0 Å². The smallest absolute Gasteiger partial charge is 0.107 e. The van der Waals surface area contributed by atoms with Gasteiger partial charge in [0, 0.05) is 30.2 Å². The Kier molecular flexibility index (Phi) is 5.95. The highest BCUT2D eigenvalue weighted by atomic mass is 32.1. The average Bonchev–Trinajstić information content (AvgIpc) is 2.69. The zero-order valence-corrected chi connectivity index (χ0v) is 11.6. The van der Waals surface area contributed by atoms with E-state index in [2.05, 4.69) is 41.4 Å². The molecule has 0 fully saturated rings. The molecule has 92 valence electrons. The van der Waals surface area contributed by atoms with E-state index in [1.807, 2.05) is 6.92 Å². The molecule has 3 nitrogen and oxygen atoms in total. The number of thiazole rings is 1. The van der Waals surface area contributed by atoms with Crippen molar-refractivity contribution in [2.45, 2.75) is 40.3 Å². The van der Waals surface area contributed by atoms with Crippen LogP contribution in [0.4, 0.5) is 0 Å². The minimum absolute atomic E-state index is 0.518. The number of rotatable bonds is 7. The molecule has 0 bridgehead atoms. The van der Waals surface area contributed by atoms with E-state index in [-0.39, 0.29) is 0 Å². The normalized spacial score (nSPS) is 13.3. The summed E-state index contributed by atoms with van der Waals surface area (Å²) >= 11 is 1.73. The van der Waals surface area contributed by atoms with Crippen molar-refractivity contribution < 1.29 is 0 Å². The third kappa shape index (κ3) is 4.60. The third-order valence-electron chi connectivity index (χ3n) is 2.69. The molecule has 0 saturated heterocycles. The van der Waals surface area contributed by atoms with Crippen molar-refractivity contribution in [3.05, 3.63) is 16.1 Å². The molecule has 0 aromatic carbocycles. The van der Waals surface area contributed by atoms with E-state index in [4.69, 9.17) is 0 Å². The summed E-state index contributed by atoms with van der Waals surface area (Å²) in [5.74, 6) is 0. The standard InChI is InChI=1S/C12H23N3S/c1-5-15(6-2)8-10(3)13-7-12-14-11(4)9-16-12/h9-10,13H,5-8H2,1-4H3. The Bertz CT molecular complexity index is 294. The molecule has 1 atom stereocenters. The SMILES string of the molecule is CCN(CC)CC(C)NCc1nc(C)cs1. The van der Waals surface area contributed by atoms with E-state index in [1.54, 1.807) is 11.3 Å². The van der Waals surface area contributed by atoms with Gasteiger partial charge in [-0.1, -0.05) is 13.8 Å². The van der Waals surface area contributed by atoms with Crippen molar-refractivity contribution in [2.24, 2.45) is 0 Å². The first-order valence-corrected chi connectivity index (χ1v) is 6.90. The molecule has 0 aliphatic heterocycles. The van der Waals surface area contributed by atoms with E-state index < -0.39 is 0 Å². The zero-order chi connectivity index (χ0) is 12.0. The Morgan fingerprint density at radius 1 is 1.44 bits per heavy atom. The summed E-state index contributed by atoms with van der Waals surface area (Å²) in [6.45, 7) is 12.9. The van der Waals surface area contributed by atoms with E-state index >= 15 is 0 Å². The first kappa shape index (κ1) is 13.6. The summed E-state index contributed by atoms with van der Waals surface area (Å²) in [5.41, 5.74) is 1.12. The number of hydrogen-bond donors (Lipinski definition) is 1. The van der Waals surface area contributed by atoms with Crippen LogP contribution in [0.1, 0.15) is 31.5 Å². The minimum Gasteiger partial charge on any atom is -0.307 e. The molecular formula is C12H23N3S. The van der Waals surface area contributed by atoms with Crippen LogP contribution in [0.5, 0.6) is 0 Å². The van der Waals surface area contributed by atoms with Crippen LogP contribution in [0.25, 0.3) is 0 Å². The van der Waals surface area contributed by atoms with Crippen molar-refractivity contribution >= 4 is 11.3 Å². The van der Waals surface area contributed by atoms with Gasteiger partial charge in [0.05, 0.1) is 0 Å². The summed E-state index contributed by atoms with van der Waals surface area (Å²) in [7, 11) is 0. The Labute approximate surface area is 103 Å². The van der Waals surface area contributed by atoms with E-state index in [0.29, 0.717) is 6.04 Å². The zero-order valence-electron chi connectivity index (χ0n) is 10.8. The number of likely N-dealkylation sites (N-methyl/N-ethyl adjacent to an activating group) is 1. The monoisotopic (exact) mass is 241 g/mol. The van der Waals surface area contributed by atoms with Gasteiger partial charge in [0.1, 0.15) is 5.01 Å². The predicted molar refractivity (Wildman–Crippen MR) is 70.9 cm³/mol. The molecule has 1 N–H and O–H groups in total. The highest BCUT2D eigenvalue weighted by Crippen LogP contribution is 2.08. The fourth-order valence-corrected chi connectivity index (χ4v) is 2.40. The lowest BCUT2D eigenvalue weighted by Crippen LogP contribution is -2.38. The third-order valence-corrected chi connectivity index (χ3v) is 3.66. The summed E-state index contributed by atoms with van der Waals surface area (Å²) in [6, 6.07) is 0.518. The van der Waals surface area contributed by atoms with Crippen LogP contribution >= 0.6 is 11.3 Å². The van der Waals surface area contributed by atoms with Crippen molar-refractivity contribution in [1.82, 2.24) is 15.2 Å². The van der Waals surface area contributed by atoms with Crippen LogP contribution in [0.15, 0.2) is 5.38 Å². The van der Waals surface area contributed by atoms with Gasteiger partial charge in [-0.25, -0.2) is 4.98 Å². The lowest BCUT2D eigenvalue weighted by atomic mass is 10.3. The topological polar surface area (TPSA) is 28.2 Å². The summed E-state index contributed by atoms with van der Waals surface area (Å²) < 4.78 is 0. The van der Waals surface area contributed by atoms with Gasteiger partial charge in [0.15, 0.2) is 0 Å². The lowest BCUT2D eigenvalue weighted by molar-refractivity contribution is 0.270. The molecule has 1 rings (SSSR count). The average molecular weight is 241 g/mol. The second-order valence-electron chi connectivity index (χ2n) is 4.15. The van der Waals surface area contributed by atoms with Gasteiger partial charge in [0.25, 0.3) is 0 Å². The number of hydrogen-bond acceptors (Lipinski definition) is 4. The molecule has 1 unspecified atom stereocenters. The predicted octanol–water partition coefficient (Wildman–Crippen LogP) is 2.27. The van der Waals surface area contributed by atoms with Crippen LogP contribution in [0.3, 0.4) is 0 Å². The maximum Gasteiger partial charge on any atom is 0.107 e. The molecule has 0 saturated carbocycles. The quantitative estimate of drug-likeness (QED) is 0.794. The molecule has 1 aromatic heterocycles. The molecule has 0 spiro atoms. The second-order valence-corrected chi connectivity index (χ2v) is 5.09. The van der Waals surface area contributed by atoms with Gasteiger partial charge in [-0.15, -0.1) is 11.3 Å². The number of aryl methyl sites for hydroxylation is 1. The van der Waals surface area contributed by atoms with Crippen LogP contribution in [0.2, 0.25) is 0 Å². The Hall–Kier alpha value is -0.450. The van der Waals surface area contributed by atoms with Gasteiger partial charge < -0.3 is 10.2 Å². The second kappa shape index (κ2) is 6.99. The first-order valence-electron chi connectivity index (χ1n) is 6.02. The molecule has 0 radical (unpaired) electrons. The molecule has 1 aromatic rings. The van der Waals surface area contributed by atoms with Crippen LogP contribution in [-0.4, -0.2) is 35.6 Å². The van der Waals surface area contributed by atoms with Gasteiger partial charge in [-0.05, 0) is 26.9 Å². The molecule has 16 heavy (non-hydrogen) atoms. The molecule has 1 heterocycles. The van der Waals surface area contributed by atoms with E-state index in [9.17, 15) is 0 Å². The van der Waals surface area contributed by atoms with Crippen LogP contribution < -0.4 is 5.32 Å². The van der Waals surface area contributed by atoms with Gasteiger partial charge in [0.2, 0.25) is 0 Å².